The van der Waals surface area contributed by atoms with Crippen LogP contribution in [0, 0.1) is 0 Å². The average Bonchev–Trinajstić information content (AvgIpc) is 2.83. The number of pyridine rings is 1. The zero-order valence-electron chi connectivity index (χ0n) is 20.1. The zero-order valence-corrected chi connectivity index (χ0v) is 20.1. The van der Waals surface area contributed by atoms with E-state index < -0.39 is 29.6 Å². The Morgan fingerprint density at radius 2 is 1.70 bits per heavy atom. The van der Waals surface area contributed by atoms with Gasteiger partial charge in [0, 0.05) is 35.2 Å². The first-order chi connectivity index (χ1) is 17.5. The van der Waals surface area contributed by atoms with Crippen molar-refractivity contribution in [1.82, 2.24) is 9.88 Å². The molecule has 0 fully saturated rings. The van der Waals surface area contributed by atoms with Crippen LogP contribution in [0.3, 0.4) is 0 Å². The third-order valence-electron chi connectivity index (χ3n) is 5.83. The van der Waals surface area contributed by atoms with Gasteiger partial charge in [-0.2, -0.15) is 26.3 Å². The molecule has 5 nitrogen and oxygen atoms in total. The van der Waals surface area contributed by atoms with E-state index in [4.69, 9.17) is 4.99 Å². The zero-order chi connectivity index (χ0) is 26.8. The Balaban J connectivity index is 1.71. The van der Waals surface area contributed by atoms with Crippen molar-refractivity contribution in [3.63, 3.8) is 0 Å². The van der Waals surface area contributed by atoms with Crippen molar-refractivity contribution in [2.75, 3.05) is 30.8 Å². The number of nitrogens with one attached hydrogen (secondary N) is 2. The summed E-state index contributed by atoms with van der Waals surface area (Å²) in [7, 11) is 1.93. The van der Waals surface area contributed by atoms with Crippen LogP contribution < -0.4 is 10.6 Å². The van der Waals surface area contributed by atoms with E-state index in [0.29, 0.717) is 29.3 Å². The number of amidine groups is 1. The van der Waals surface area contributed by atoms with Gasteiger partial charge in [0.05, 0.1) is 16.8 Å². The SMILES string of the molecule is CCCN(C)CC1N=C(Nc2ccc(C(F)(F)F)cc2)c2ccc(-c3ncccc3C(F)(F)F)cc2N1. The molecule has 0 saturated carbocycles. The topological polar surface area (TPSA) is 52.5 Å². The van der Waals surface area contributed by atoms with Gasteiger partial charge < -0.3 is 15.5 Å². The van der Waals surface area contributed by atoms with Crippen LogP contribution in [0.2, 0.25) is 0 Å². The van der Waals surface area contributed by atoms with Gasteiger partial charge in [-0.3, -0.25) is 4.98 Å². The number of likely N-dealkylation sites (N-methyl/N-ethyl adjacent to an activating group) is 1. The molecule has 1 aromatic heterocycles. The molecule has 2 heterocycles. The quantitative estimate of drug-likeness (QED) is 0.353. The first kappa shape index (κ1) is 26.5. The van der Waals surface area contributed by atoms with E-state index in [-0.39, 0.29) is 11.3 Å². The molecule has 196 valence electrons. The minimum Gasteiger partial charge on any atom is -0.362 e. The summed E-state index contributed by atoms with van der Waals surface area (Å²) in [6.45, 7) is 3.36. The van der Waals surface area contributed by atoms with Crippen LogP contribution in [0.15, 0.2) is 65.8 Å². The third-order valence-corrected chi connectivity index (χ3v) is 5.83. The molecule has 1 aliphatic heterocycles. The number of halogens is 6. The van der Waals surface area contributed by atoms with Crippen LogP contribution in [-0.2, 0) is 12.4 Å². The largest absolute Gasteiger partial charge is 0.418 e. The third kappa shape index (κ3) is 6.22. The van der Waals surface area contributed by atoms with Crippen LogP contribution in [0.1, 0.15) is 30.0 Å². The Kier molecular flexibility index (Phi) is 7.44. The Morgan fingerprint density at radius 3 is 2.35 bits per heavy atom. The number of anilines is 2. The molecule has 1 unspecified atom stereocenters. The molecule has 1 aliphatic rings. The number of aliphatic imine (C=N–C) groups is 1. The maximum atomic E-state index is 13.6. The summed E-state index contributed by atoms with van der Waals surface area (Å²) in [6, 6.07) is 11.5. The molecule has 37 heavy (non-hydrogen) atoms. The number of rotatable bonds is 6. The molecule has 1 atom stereocenters. The van der Waals surface area contributed by atoms with E-state index in [2.05, 4.69) is 20.5 Å². The highest BCUT2D eigenvalue weighted by molar-refractivity contribution is 6.13. The number of nitrogens with zero attached hydrogens (tertiary/aromatic N) is 3. The number of aromatic nitrogens is 1. The molecule has 11 heteroatoms. The van der Waals surface area contributed by atoms with Crippen LogP contribution in [-0.4, -0.2) is 42.0 Å². The number of hydrogen-bond donors (Lipinski definition) is 2. The Morgan fingerprint density at radius 1 is 0.973 bits per heavy atom. The van der Waals surface area contributed by atoms with Crippen LogP contribution in [0.5, 0.6) is 0 Å². The molecular formula is C26H25F6N5. The highest BCUT2D eigenvalue weighted by atomic mass is 19.4. The number of hydrogen-bond acceptors (Lipinski definition) is 5. The molecule has 0 radical (unpaired) electrons. The Bertz CT molecular complexity index is 1270. The van der Waals surface area contributed by atoms with Crippen molar-refractivity contribution in [2.45, 2.75) is 31.9 Å². The van der Waals surface area contributed by atoms with Gasteiger partial charge in [0.2, 0.25) is 0 Å². The van der Waals surface area contributed by atoms with E-state index in [1.165, 1.54) is 30.5 Å². The van der Waals surface area contributed by atoms with E-state index in [0.717, 1.165) is 31.2 Å². The lowest BCUT2D eigenvalue weighted by atomic mass is 10.0. The van der Waals surface area contributed by atoms with E-state index in [1.54, 1.807) is 12.1 Å². The second-order valence-corrected chi connectivity index (χ2v) is 8.76. The first-order valence-corrected chi connectivity index (χ1v) is 11.6. The van der Waals surface area contributed by atoms with Crippen molar-refractivity contribution < 1.29 is 26.3 Å². The highest BCUT2D eigenvalue weighted by Gasteiger charge is 2.35. The molecule has 2 aromatic carbocycles. The van der Waals surface area contributed by atoms with Crippen molar-refractivity contribution >= 4 is 17.2 Å². The summed E-state index contributed by atoms with van der Waals surface area (Å²) < 4.78 is 79.7. The van der Waals surface area contributed by atoms with Crippen molar-refractivity contribution in [2.24, 2.45) is 4.99 Å². The van der Waals surface area contributed by atoms with Crippen molar-refractivity contribution in [1.29, 1.82) is 0 Å². The molecule has 0 spiro atoms. The van der Waals surface area contributed by atoms with Gasteiger partial charge in [0.1, 0.15) is 12.0 Å². The van der Waals surface area contributed by atoms with Crippen molar-refractivity contribution in [3.8, 4) is 11.3 Å². The lowest BCUT2D eigenvalue weighted by Gasteiger charge is -2.29. The van der Waals surface area contributed by atoms with Crippen molar-refractivity contribution in [3.05, 3.63) is 77.5 Å². The molecule has 0 saturated heterocycles. The normalized spacial score (nSPS) is 15.7. The monoisotopic (exact) mass is 521 g/mol. The summed E-state index contributed by atoms with van der Waals surface area (Å²) in [6.07, 6.45) is -7.25. The lowest BCUT2D eigenvalue weighted by molar-refractivity contribution is -0.138. The van der Waals surface area contributed by atoms with E-state index in [1.807, 2.05) is 14.0 Å². The second-order valence-electron chi connectivity index (χ2n) is 8.76. The number of alkyl halides is 6. The van der Waals surface area contributed by atoms with Gasteiger partial charge in [0.15, 0.2) is 0 Å². The fourth-order valence-electron chi connectivity index (χ4n) is 4.15. The molecular weight excluding hydrogens is 496 g/mol. The summed E-state index contributed by atoms with van der Waals surface area (Å²) in [5, 5.41) is 6.35. The highest BCUT2D eigenvalue weighted by Crippen LogP contribution is 2.37. The summed E-state index contributed by atoms with van der Waals surface area (Å²) in [5.41, 5.74) is -0.0341. The molecule has 0 aliphatic carbocycles. The smallest absolute Gasteiger partial charge is 0.362 e. The minimum absolute atomic E-state index is 0.195. The number of fused-ring (bicyclic) bond motifs is 1. The molecule has 0 bridgehead atoms. The fraction of sp³-hybridized carbons (Fsp3) is 0.308. The van der Waals surface area contributed by atoms with Gasteiger partial charge in [-0.05, 0) is 68.5 Å². The first-order valence-electron chi connectivity index (χ1n) is 11.6. The van der Waals surface area contributed by atoms with Gasteiger partial charge in [-0.1, -0.05) is 13.0 Å². The van der Waals surface area contributed by atoms with E-state index >= 15 is 0 Å². The Labute approximate surface area is 210 Å². The maximum Gasteiger partial charge on any atom is 0.418 e. The average molecular weight is 522 g/mol. The van der Waals surface area contributed by atoms with Gasteiger partial charge in [-0.25, -0.2) is 4.99 Å². The van der Waals surface area contributed by atoms with Gasteiger partial charge in [-0.15, -0.1) is 0 Å². The summed E-state index contributed by atoms with van der Waals surface area (Å²) >= 11 is 0. The fourth-order valence-corrected chi connectivity index (χ4v) is 4.15. The second kappa shape index (κ2) is 10.4. The summed E-state index contributed by atoms with van der Waals surface area (Å²) in [5.74, 6) is 0.395. The molecule has 4 rings (SSSR count). The lowest BCUT2D eigenvalue weighted by Crippen LogP contribution is -2.38. The Hall–Kier alpha value is -3.60. The van der Waals surface area contributed by atoms with Crippen LogP contribution in [0.4, 0.5) is 37.7 Å². The maximum absolute atomic E-state index is 13.6. The summed E-state index contributed by atoms with van der Waals surface area (Å²) in [4.78, 5) is 10.7. The molecule has 0 amide bonds. The minimum atomic E-state index is -4.57. The number of benzene rings is 2. The van der Waals surface area contributed by atoms with Gasteiger partial charge >= 0.3 is 12.4 Å². The van der Waals surface area contributed by atoms with Gasteiger partial charge in [0.25, 0.3) is 0 Å². The van der Waals surface area contributed by atoms with Crippen LogP contribution in [0.25, 0.3) is 11.3 Å². The molecule has 2 N–H and O–H groups in total. The molecule has 3 aromatic rings. The van der Waals surface area contributed by atoms with E-state index in [9.17, 15) is 26.3 Å². The standard InChI is InChI=1S/C26H25F6N5/c1-3-13-37(2)15-22-35-21-14-16(23-20(26(30,31)32)5-4-12-33-23)6-11-19(21)24(36-22)34-18-9-7-17(8-10-18)25(27,28)29/h4-12,14,22,35H,3,13,15H2,1-2H3,(H,34,36). The predicted octanol–water partition coefficient (Wildman–Crippen LogP) is 6.74. The predicted molar refractivity (Wildman–Crippen MR) is 131 cm³/mol. The van der Waals surface area contributed by atoms with Crippen LogP contribution >= 0.6 is 0 Å².